The average Bonchev–Trinajstić information content (AvgIpc) is 3.21. The van der Waals surface area contributed by atoms with E-state index in [9.17, 15) is 24.0 Å². The molecule has 4 unspecified atom stereocenters. The third-order valence-electron chi connectivity index (χ3n) is 9.85. The zero-order valence-corrected chi connectivity index (χ0v) is 33.1. The largest absolute Gasteiger partial charge is 0.496 e. The smallest absolute Gasteiger partial charge is 0.328 e. The summed E-state index contributed by atoms with van der Waals surface area (Å²) < 4.78 is 16.5. The zero-order chi connectivity index (χ0) is 40.5. The second kappa shape index (κ2) is 18.6. The van der Waals surface area contributed by atoms with Gasteiger partial charge < -0.3 is 35.1 Å². The molecule has 1 heterocycles. The van der Waals surface area contributed by atoms with Crippen LogP contribution in [0.5, 0.6) is 11.5 Å². The molecule has 0 saturated carbocycles. The molecule has 4 aromatic rings. The maximum Gasteiger partial charge on any atom is 0.328 e. The number of nitrogens with one attached hydrogen (secondary N) is 3. The van der Waals surface area contributed by atoms with Crippen LogP contribution in [0.3, 0.4) is 0 Å². The van der Waals surface area contributed by atoms with Gasteiger partial charge in [0.05, 0.1) is 21.3 Å². The molecule has 0 spiro atoms. The van der Waals surface area contributed by atoms with E-state index >= 15 is 0 Å². The number of rotatable bonds is 11. The molecule has 0 radical (unpaired) electrons. The Morgan fingerprint density at radius 2 is 1.45 bits per heavy atom. The normalized spacial score (nSPS) is 17.3. The summed E-state index contributed by atoms with van der Waals surface area (Å²) in [4.78, 5) is 70.1. The quantitative estimate of drug-likeness (QED) is 0.159. The lowest BCUT2D eigenvalue weighted by Crippen LogP contribution is -2.55. The monoisotopic (exact) mass is 782 g/mol. The Morgan fingerprint density at radius 3 is 2.05 bits per heavy atom. The zero-order valence-electron chi connectivity index (χ0n) is 32.3. The van der Waals surface area contributed by atoms with E-state index in [2.05, 4.69) is 16.0 Å². The number of unbranched alkanes of at least 4 members (excludes halogenated alkanes) is 1. The van der Waals surface area contributed by atoms with Gasteiger partial charge in [0.25, 0.3) is 5.91 Å². The van der Waals surface area contributed by atoms with E-state index < -0.39 is 53.8 Å². The Morgan fingerprint density at radius 1 is 0.839 bits per heavy atom. The molecule has 1 aliphatic heterocycles. The van der Waals surface area contributed by atoms with Crippen LogP contribution in [0.1, 0.15) is 60.6 Å². The summed E-state index contributed by atoms with van der Waals surface area (Å²) >= 11 is 6.05. The highest BCUT2D eigenvalue weighted by molar-refractivity contribution is 6.30. The van der Waals surface area contributed by atoms with E-state index in [0.29, 0.717) is 57.2 Å². The number of likely N-dealkylation sites (N-methyl/N-ethyl adjacent to an activating group) is 1. The van der Waals surface area contributed by atoms with Crippen LogP contribution in [0.15, 0.2) is 84.9 Å². The highest BCUT2D eigenvalue weighted by Crippen LogP contribution is 2.40. The van der Waals surface area contributed by atoms with Crippen LogP contribution in [0.4, 0.5) is 0 Å². The molecule has 4 amide bonds. The minimum Gasteiger partial charge on any atom is -0.496 e. The molecule has 56 heavy (non-hydrogen) atoms. The number of ether oxygens (including phenoxy) is 3. The second-order valence-electron chi connectivity index (χ2n) is 13.6. The van der Waals surface area contributed by atoms with Crippen molar-refractivity contribution in [2.24, 2.45) is 0 Å². The molecule has 0 aromatic heterocycles. The van der Waals surface area contributed by atoms with Crippen molar-refractivity contribution in [2.75, 3.05) is 28.4 Å². The van der Waals surface area contributed by atoms with Crippen LogP contribution >= 0.6 is 11.6 Å². The number of amides is 4. The van der Waals surface area contributed by atoms with E-state index in [1.165, 1.54) is 40.2 Å². The third-order valence-corrected chi connectivity index (χ3v) is 10.1. The van der Waals surface area contributed by atoms with E-state index in [0.717, 1.165) is 17.5 Å². The van der Waals surface area contributed by atoms with Crippen LogP contribution in [0.2, 0.25) is 5.02 Å². The van der Waals surface area contributed by atoms with Gasteiger partial charge in [-0.3, -0.25) is 19.2 Å². The number of halogens is 1. The Bertz CT molecular complexity index is 2070. The molecule has 5 rings (SSSR count). The average molecular weight is 783 g/mol. The molecule has 4 aromatic carbocycles. The minimum absolute atomic E-state index is 0.0926. The molecular weight excluding hydrogens is 736 g/mol. The van der Waals surface area contributed by atoms with Gasteiger partial charge in [-0.05, 0) is 84.1 Å². The molecule has 12 nitrogen and oxygen atoms in total. The van der Waals surface area contributed by atoms with Crippen molar-refractivity contribution in [1.82, 2.24) is 20.9 Å². The SMILES string of the molecule is CCCCC(NC(=O)c1ccc(-c2ccc(Cl)cc2)cc1)C(=O)N(C)C1C(=O)NC(C)C(=O)NC(C(=O)OC)Cc2ccc(OC)c(c2)-c2cc1ccc2OC. The van der Waals surface area contributed by atoms with Gasteiger partial charge in [0, 0.05) is 35.2 Å². The number of fused-ring (bicyclic) bond motifs is 5. The molecule has 1 aliphatic rings. The van der Waals surface area contributed by atoms with Gasteiger partial charge in [0.1, 0.15) is 35.7 Å². The van der Waals surface area contributed by atoms with Crippen molar-refractivity contribution in [3.63, 3.8) is 0 Å². The summed E-state index contributed by atoms with van der Waals surface area (Å²) in [6.45, 7) is 3.47. The fourth-order valence-electron chi connectivity index (χ4n) is 6.71. The number of hydrogen-bond acceptors (Lipinski definition) is 8. The van der Waals surface area contributed by atoms with Crippen molar-refractivity contribution < 1.29 is 38.2 Å². The van der Waals surface area contributed by atoms with Gasteiger partial charge in [-0.1, -0.05) is 67.8 Å². The molecule has 0 fully saturated rings. The summed E-state index contributed by atoms with van der Waals surface area (Å²) in [5.74, 6) is -1.96. The highest BCUT2D eigenvalue weighted by Gasteiger charge is 2.36. The minimum atomic E-state index is -1.27. The molecule has 13 heteroatoms. The van der Waals surface area contributed by atoms with Crippen LogP contribution in [0, 0.1) is 0 Å². The number of nitrogens with zero attached hydrogens (tertiary/aromatic N) is 1. The van der Waals surface area contributed by atoms with Crippen LogP contribution in [0.25, 0.3) is 22.3 Å². The first kappa shape index (κ1) is 41.3. The lowest BCUT2D eigenvalue weighted by molar-refractivity contribution is -0.145. The van der Waals surface area contributed by atoms with Gasteiger partial charge in [-0.2, -0.15) is 0 Å². The van der Waals surface area contributed by atoms with Gasteiger partial charge in [0.15, 0.2) is 0 Å². The summed E-state index contributed by atoms with van der Waals surface area (Å²) in [5.41, 5.74) is 4.44. The van der Waals surface area contributed by atoms with E-state index in [1.807, 2.05) is 37.3 Å². The van der Waals surface area contributed by atoms with Gasteiger partial charge >= 0.3 is 5.97 Å². The number of methoxy groups -OCH3 is 3. The predicted molar refractivity (Wildman–Crippen MR) is 213 cm³/mol. The first-order chi connectivity index (χ1) is 26.9. The van der Waals surface area contributed by atoms with Crippen molar-refractivity contribution in [3.8, 4) is 33.8 Å². The number of hydrogen-bond donors (Lipinski definition) is 3. The first-order valence-corrected chi connectivity index (χ1v) is 18.7. The van der Waals surface area contributed by atoms with Crippen molar-refractivity contribution in [1.29, 1.82) is 0 Å². The molecular formula is C43H47ClN4O8. The predicted octanol–water partition coefficient (Wildman–Crippen LogP) is 5.90. The molecule has 294 valence electrons. The topological polar surface area (TPSA) is 152 Å². The number of carbonyl (C=O) groups excluding carboxylic acids is 5. The summed E-state index contributed by atoms with van der Waals surface area (Å²) in [5, 5.41) is 8.97. The summed E-state index contributed by atoms with van der Waals surface area (Å²) in [6.07, 6.45) is 1.78. The number of carbonyl (C=O) groups is 5. The standard InChI is InChI=1S/C43H47ClN4O8/c1-7-8-9-34(46-40(50)29-13-11-27(12-14-29)28-15-18-31(44)19-16-28)42(52)48(3)38-30-17-21-37(55-5)33(24-30)32-22-26(10-20-36(32)54-4)23-35(43(53)56-6)47-39(49)25(2)45-41(38)51/h10-22,24-25,34-35,38H,7-9,23H2,1-6H3,(H,45,51)(H,46,50)(H,47,49). The van der Waals surface area contributed by atoms with E-state index in [-0.39, 0.29) is 6.42 Å². The third kappa shape index (κ3) is 9.49. The maximum atomic E-state index is 14.5. The lowest BCUT2D eigenvalue weighted by Gasteiger charge is -2.32. The Labute approximate surface area is 331 Å². The fraction of sp³-hybridized carbons (Fsp3) is 0.326. The van der Waals surface area contributed by atoms with Gasteiger partial charge in [-0.15, -0.1) is 0 Å². The molecule has 4 bridgehead atoms. The Balaban J connectivity index is 1.53. The Kier molecular flexibility index (Phi) is 13.7. The summed E-state index contributed by atoms with van der Waals surface area (Å²) in [6, 6.07) is 20.4. The molecule has 0 saturated heterocycles. The highest BCUT2D eigenvalue weighted by atomic mass is 35.5. The second-order valence-corrected chi connectivity index (χ2v) is 14.1. The summed E-state index contributed by atoms with van der Waals surface area (Å²) in [7, 11) is 5.76. The van der Waals surface area contributed by atoms with Crippen LogP contribution in [-0.4, -0.2) is 81.0 Å². The van der Waals surface area contributed by atoms with Gasteiger partial charge in [-0.25, -0.2) is 4.79 Å². The fourth-order valence-corrected chi connectivity index (χ4v) is 6.84. The van der Waals surface area contributed by atoms with Crippen molar-refractivity contribution >= 4 is 41.2 Å². The number of benzene rings is 4. The molecule has 4 atom stereocenters. The van der Waals surface area contributed by atoms with Crippen LogP contribution in [-0.2, 0) is 30.3 Å². The van der Waals surface area contributed by atoms with Crippen molar-refractivity contribution in [3.05, 3.63) is 107 Å². The first-order valence-electron chi connectivity index (χ1n) is 18.4. The molecule has 3 N–H and O–H groups in total. The Hall–Kier alpha value is -5.88. The van der Waals surface area contributed by atoms with Crippen molar-refractivity contribution in [2.45, 2.75) is 63.7 Å². The number of esters is 1. The van der Waals surface area contributed by atoms with E-state index in [4.69, 9.17) is 25.8 Å². The maximum absolute atomic E-state index is 14.5. The van der Waals surface area contributed by atoms with E-state index in [1.54, 1.807) is 54.6 Å². The lowest BCUT2D eigenvalue weighted by atomic mass is 9.93. The van der Waals surface area contributed by atoms with Crippen LogP contribution < -0.4 is 25.4 Å². The molecule has 0 aliphatic carbocycles. The van der Waals surface area contributed by atoms with Gasteiger partial charge in [0.2, 0.25) is 17.7 Å².